The van der Waals surface area contributed by atoms with Gasteiger partial charge in [-0.1, -0.05) is 53.7 Å². The zero-order chi connectivity index (χ0) is 18.1. The number of quaternary nitrogens is 1. The minimum Gasteiger partial charge on any atom is -0.490 e. The van der Waals surface area contributed by atoms with Gasteiger partial charge in [-0.05, 0) is 28.0 Å². The van der Waals surface area contributed by atoms with Crippen LogP contribution in [-0.2, 0) is 10.8 Å². The Morgan fingerprint density at radius 2 is 1.57 bits per heavy atom. The van der Waals surface area contributed by atoms with E-state index in [1.54, 1.807) is 0 Å². The first-order valence-electron chi connectivity index (χ1n) is 8.46. The summed E-state index contributed by atoms with van der Waals surface area (Å²) in [6.45, 7) is 14.3. The van der Waals surface area contributed by atoms with Crippen LogP contribution < -0.4 is 4.74 Å². The van der Waals surface area contributed by atoms with Gasteiger partial charge >= 0.3 is 0 Å². The molecule has 1 aromatic carbocycles. The van der Waals surface area contributed by atoms with Crippen LogP contribution in [0.5, 0.6) is 5.75 Å². The molecule has 1 N–H and O–H groups in total. The van der Waals surface area contributed by atoms with Crippen molar-refractivity contribution in [2.45, 2.75) is 58.5 Å². The molecule has 0 aliphatic rings. The number of hydrogen-bond acceptors (Lipinski definition) is 2. The Labute approximate surface area is 142 Å². The highest BCUT2D eigenvalue weighted by molar-refractivity contribution is 5.43. The molecule has 3 nitrogen and oxygen atoms in total. The first-order valence-corrected chi connectivity index (χ1v) is 8.46. The fourth-order valence-electron chi connectivity index (χ4n) is 2.58. The van der Waals surface area contributed by atoms with Gasteiger partial charge in [0.2, 0.25) is 0 Å². The Bertz CT molecular complexity index is 516. The molecule has 0 radical (unpaired) electrons. The Morgan fingerprint density at radius 3 is 2.00 bits per heavy atom. The Balaban J connectivity index is 2.98. The molecule has 1 aromatic rings. The lowest BCUT2D eigenvalue weighted by molar-refractivity contribution is -0.873. The second-order valence-electron chi connectivity index (χ2n) is 9.65. The topological polar surface area (TPSA) is 29.5 Å². The molecule has 1 atom stereocenters. The van der Waals surface area contributed by atoms with Crippen molar-refractivity contribution in [2.24, 2.45) is 0 Å². The van der Waals surface area contributed by atoms with Crippen molar-refractivity contribution in [3.05, 3.63) is 29.3 Å². The molecular weight excluding hydrogens is 286 g/mol. The summed E-state index contributed by atoms with van der Waals surface area (Å²) in [5.41, 5.74) is 2.62. The summed E-state index contributed by atoms with van der Waals surface area (Å²) in [5.74, 6) is 0.881. The molecule has 0 saturated heterocycles. The normalized spacial score (nSPS) is 14.7. The standard InChI is InChI=1S/C20H36NO2/c1-19(2,3)15-10-11-18(17(12-15)20(4,5)6)23-14-16(22)13-21(7,8)9/h10-12,16,22H,13-14H2,1-9H3/q+1. The molecule has 0 amide bonds. The van der Waals surface area contributed by atoms with Crippen LogP contribution >= 0.6 is 0 Å². The average Bonchev–Trinajstić information content (AvgIpc) is 2.31. The maximum Gasteiger partial charge on any atom is 0.137 e. The van der Waals surface area contributed by atoms with Crippen molar-refractivity contribution in [3.63, 3.8) is 0 Å². The number of benzene rings is 1. The maximum absolute atomic E-state index is 10.2. The van der Waals surface area contributed by atoms with Crippen molar-refractivity contribution in [1.82, 2.24) is 0 Å². The molecule has 0 bridgehead atoms. The quantitative estimate of drug-likeness (QED) is 0.837. The number of rotatable bonds is 5. The van der Waals surface area contributed by atoms with Crippen molar-refractivity contribution in [3.8, 4) is 5.75 Å². The average molecular weight is 323 g/mol. The van der Waals surface area contributed by atoms with Crippen molar-refractivity contribution in [1.29, 1.82) is 0 Å². The predicted molar refractivity (Wildman–Crippen MR) is 98.2 cm³/mol. The van der Waals surface area contributed by atoms with Gasteiger partial charge in [0, 0.05) is 0 Å². The second kappa shape index (κ2) is 6.82. The van der Waals surface area contributed by atoms with Crippen LogP contribution in [-0.4, -0.2) is 50.0 Å². The number of nitrogens with zero attached hydrogens (tertiary/aromatic N) is 1. The smallest absolute Gasteiger partial charge is 0.137 e. The first kappa shape index (κ1) is 20.0. The molecule has 23 heavy (non-hydrogen) atoms. The SMILES string of the molecule is CC(C)(C)c1ccc(OCC(O)C[N+](C)(C)C)c(C(C)(C)C)c1. The summed E-state index contributed by atoms with van der Waals surface area (Å²) in [6, 6.07) is 6.44. The van der Waals surface area contributed by atoms with Crippen LogP contribution in [0.1, 0.15) is 52.7 Å². The van der Waals surface area contributed by atoms with E-state index >= 15 is 0 Å². The van der Waals surface area contributed by atoms with Gasteiger partial charge in [0.05, 0.1) is 21.1 Å². The van der Waals surface area contributed by atoms with E-state index in [2.05, 4.69) is 80.9 Å². The van der Waals surface area contributed by atoms with Crippen molar-refractivity contribution in [2.75, 3.05) is 34.3 Å². The van der Waals surface area contributed by atoms with Crippen LogP contribution in [0.4, 0.5) is 0 Å². The highest BCUT2D eigenvalue weighted by Gasteiger charge is 2.24. The third kappa shape index (κ3) is 6.52. The summed E-state index contributed by atoms with van der Waals surface area (Å²) in [5, 5.41) is 10.2. The fourth-order valence-corrected chi connectivity index (χ4v) is 2.58. The Morgan fingerprint density at radius 1 is 1.00 bits per heavy atom. The third-order valence-electron chi connectivity index (χ3n) is 3.84. The van der Waals surface area contributed by atoms with E-state index in [0.29, 0.717) is 13.2 Å². The summed E-state index contributed by atoms with van der Waals surface area (Å²) in [6.07, 6.45) is -0.467. The van der Waals surface area contributed by atoms with E-state index in [-0.39, 0.29) is 10.8 Å². The van der Waals surface area contributed by atoms with Gasteiger partial charge in [-0.3, -0.25) is 0 Å². The van der Waals surface area contributed by atoms with Crippen LogP contribution in [0.25, 0.3) is 0 Å². The van der Waals surface area contributed by atoms with Crippen LogP contribution in [0, 0.1) is 0 Å². The number of aliphatic hydroxyl groups is 1. The van der Waals surface area contributed by atoms with Crippen LogP contribution in [0.3, 0.4) is 0 Å². The van der Waals surface area contributed by atoms with Crippen molar-refractivity contribution >= 4 is 0 Å². The largest absolute Gasteiger partial charge is 0.490 e. The molecule has 0 heterocycles. The summed E-state index contributed by atoms with van der Waals surface area (Å²) < 4.78 is 6.70. The number of likely N-dealkylation sites (N-methyl/N-ethyl adjacent to an activating group) is 1. The number of hydrogen-bond donors (Lipinski definition) is 1. The van der Waals surface area contributed by atoms with Crippen molar-refractivity contribution < 1.29 is 14.3 Å². The molecule has 132 valence electrons. The summed E-state index contributed by atoms with van der Waals surface area (Å²) in [7, 11) is 6.21. The molecule has 0 aromatic heterocycles. The lowest BCUT2D eigenvalue weighted by Crippen LogP contribution is -2.43. The molecule has 3 heteroatoms. The minimum atomic E-state index is -0.467. The zero-order valence-electron chi connectivity index (χ0n) is 16.5. The van der Waals surface area contributed by atoms with E-state index in [9.17, 15) is 5.11 Å². The summed E-state index contributed by atoms with van der Waals surface area (Å²) in [4.78, 5) is 0. The lowest BCUT2D eigenvalue weighted by atomic mass is 9.80. The third-order valence-corrected chi connectivity index (χ3v) is 3.84. The number of ether oxygens (including phenoxy) is 1. The van der Waals surface area contributed by atoms with Crippen LogP contribution in [0.2, 0.25) is 0 Å². The fraction of sp³-hybridized carbons (Fsp3) is 0.700. The van der Waals surface area contributed by atoms with E-state index in [1.807, 2.05) is 0 Å². The molecule has 0 aliphatic heterocycles. The second-order valence-corrected chi connectivity index (χ2v) is 9.65. The molecule has 0 aliphatic carbocycles. The van der Waals surface area contributed by atoms with Gasteiger partial charge in [-0.2, -0.15) is 0 Å². The van der Waals surface area contributed by atoms with E-state index in [1.165, 1.54) is 11.1 Å². The molecule has 0 spiro atoms. The Hall–Kier alpha value is -1.06. The molecule has 0 saturated carbocycles. The van der Waals surface area contributed by atoms with E-state index in [0.717, 1.165) is 10.2 Å². The van der Waals surface area contributed by atoms with E-state index in [4.69, 9.17) is 4.74 Å². The van der Waals surface area contributed by atoms with Gasteiger partial charge in [-0.15, -0.1) is 0 Å². The molecule has 0 fully saturated rings. The van der Waals surface area contributed by atoms with Gasteiger partial charge < -0.3 is 14.3 Å². The van der Waals surface area contributed by atoms with Gasteiger partial charge in [0.1, 0.15) is 25.0 Å². The highest BCUT2D eigenvalue weighted by Crippen LogP contribution is 2.35. The first-order chi connectivity index (χ1) is 10.2. The minimum absolute atomic E-state index is 0.00162. The maximum atomic E-state index is 10.2. The summed E-state index contributed by atoms with van der Waals surface area (Å²) >= 11 is 0. The lowest BCUT2D eigenvalue weighted by Gasteiger charge is -2.29. The Kier molecular flexibility index (Phi) is 5.93. The van der Waals surface area contributed by atoms with Gasteiger partial charge in [0.25, 0.3) is 0 Å². The zero-order valence-corrected chi connectivity index (χ0v) is 16.5. The monoisotopic (exact) mass is 322 g/mol. The highest BCUT2D eigenvalue weighted by atomic mass is 16.5. The van der Waals surface area contributed by atoms with Crippen LogP contribution in [0.15, 0.2) is 18.2 Å². The van der Waals surface area contributed by atoms with Gasteiger partial charge in [0.15, 0.2) is 0 Å². The predicted octanol–water partition coefficient (Wildman–Crippen LogP) is 3.73. The number of aliphatic hydroxyl groups excluding tert-OH is 1. The molecule has 1 unspecified atom stereocenters. The molecule has 1 rings (SSSR count). The van der Waals surface area contributed by atoms with E-state index < -0.39 is 6.10 Å². The molecular formula is C20H36NO2+. The van der Waals surface area contributed by atoms with Gasteiger partial charge in [-0.25, -0.2) is 0 Å².